The number of ether oxygens (including phenoxy) is 1. The number of carboxylic acid groups (broad SMARTS) is 1. The van der Waals surface area contributed by atoms with E-state index in [-0.39, 0.29) is 5.75 Å². The van der Waals surface area contributed by atoms with Crippen LogP contribution in [0.3, 0.4) is 0 Å². The molecule has 0 spiro atoms. The molecule has 0 aliphatic rings. The van der Waals surface area contributed by atoms with Crippen LogP contribution in [0.5, 0.6) is 5.75 Å². The van der Waals surface area contributed by atoms with Crippen LogP contribution in [0.25, 0.3) is 17.0 Å². The van der Waals surface area contributed by atoms with Gasteiger partial charge in [0, 0.05) is 5.56 Å². The number of aliphatic carboxylic acids is 1. The molecule has 7 nitrogen and oxygen atoms in total. The van der Waals surface area contributed by atoms with Gasteiger partial charge in [0.2, 0.25) is 0 Å². The lowest BCUT2D eigenvalue weighted by atomic mass is 10.2. The summed E-state index contributed by atoms with van der Waals surface area (Å²) in [5.41, 5.74) is 1.45. The Hall–Kier alpha value is -2.61. The van der Waals surface area contributed by atoms with Gasteiger partial charge in [0.25, 0.3) is 0 Å². The van der Waals surface area contributed by atoms with Crippen LogP contribution < -0.4 is 4.74 Å². The van der Waals surface area contributed by atoms with E-state index in [1.54, 1.807) is 23.8 Å². The van der Waals surface area contributed by atoms with Crippen LogP contribution in [0.2, 0.25) is 0 Å². The lowest BCUT2D eigenvalue weighted by Crippen LogP contribution is -2.01. The molecule has 1 aromatic carbocycles. The number of hydrogen-bond acceptors (Lipinski definition) is 6. The second-order valence-electron chi connectivity index (χ2n) is 4.38. The lowest BCUT2D eigenvalue weighted by Gasteiger charge is -2.03. The zero-order chi connectivity index (χ0) is 15.5. The molecule has 0 fully saturated rings. The predicted molar refractivity (Wildman–Crippen MR) is 81.1 cm³/mol. The molecule has 0 bridgehead atoms. The molecule has 0 saturated carbocycles. The second-order valence-corrected chi connectivity index (χ2v) is 5.37. The molecule has 0 aliphatic carbocycles. The summed E-state index contributed by atoms with van der Waals surface area (Å²) in [6.07, 6.45) is 0. The number of fused-ring (bicyclic) bond motifs is 1. The summed E-state index contributed by atoms with van der Waals surface area (Å²) in [6, 6.07) is 10.9. The van der Waals surface area contributed by atoms with E-state index in [0.29, 0.717) is 16.5 Å². The molecular weight excluding hydrogens is 304 g/mol. The Morgan fingerprint density at radius 2 is 2.00 bits per heavy atom. The van der Waals surface area contributed by atoms with Crippen LogP contribution in [0, 0.1) is 0 Å². The number of carbonyl (C=O) groups is 1. The number of methoxy groups -OCH3 is 1. The van der Waals surface area contributed by atoms with Gasteiger partial charge < -0.3 is 9.84 Å². The number of benzene rings is 1. The molecule has 0 atom stereocenters. The molecule has 22 heavy (non-hydrogen) atoms. The highest BCUT2D eigenvalue weighted by atomic mass is 32.2. The number of aromatic nitrogens is 4. The van der Waals surface area contributed by atoms with Crippen molar-refractivity contribution in [2.75, 3.05) is 12.9 Å². The maximum absolute atomic E-state index is 10.6. The number of carboxylic acids is 1. The van der Waals surface area contributed by atoms with Crippen molar-refractivity contribution in [1.82, 2.24) is 19.8 Å². The van der Waals surface area contributed by atoms with Crippen molar-refractivity contribution in [3.63, 3.8) is 0 Å². The molecule has 2 aromatic heterocycles. The molecule has 0 aliphatic heterocycles. The van der Waals surface area contributed by atoms with Gasteiger partial charge in [-0.1, -0.05) is 11.8 Å². The van der Waals surface area contributed by atoms with Crippen LogP contribution >= 0.6 is 11.8 Å². The van der Waals surface area contributed by atoms with E-state index in [1.165, 1.54) is 0 Å². The third kappa shape index (κ3) is 2.86. The normalized spacial score (nSPS) is 10.8. The zero-order valence-electron chi connectivity index (χ0n) is 11.6. The Morgan fingerprint density at radius 3 is 2.68 bits per heavy atom. The molecule has 3 aromatic rings. The summed E-state index contributed by atoms with van der Waals surface area (Å²) < 4.78 is 6.73. The van der Waals surface area contributed by atoms with Gasteiger partial charge in [0.1, 0.15) is 10.8 Å². The van der Waals surface area contributed by atoms with Crippen molar-refractivity contribution in [2.45, 2.75) is 5.03 Å². The van der Waals surface area contributed by atoms with Gasteiger partial charge in [-0.15, -0.1) is 10.2 Å². The molecular formula is C14H12N4O3S. The number of hydrogen-bond donors (Lipinski definition) is 1. The predicted octanol–water partition coefficient (Wildman–Crippen LogP) is 1.98. The summed E-state index contributed by atoms with van der Waals surface area (Å²) in [6.45, 7) is 0. The van der Waals surface area contributed by atoms with Crippen molar-refractivity contribution in [2.24, 2.45) is 0 Å². The monoisotopic (exact) mass is 316 g/mol. The first-order chi connectivity index (χ1) is 10.7. The average molecular weight is 316 g/mol. The SMILES string of the molecule is COc1ccc(-c2nnc3ccc(SCC(=O)O)nn23)cc1. The van der Waals surface area contributed by atoms with E-state index >= 15 is 0 Å². The topological polar surface area (TPSA) is 89.6 Å². The third-order valence-corrected chi connectivity index (χ3v) is 3.83. The Morgan fingerprint density at radius 1 is 1.23 bits per heavy atom. The van der Waals surface area contributed by atoms with Crippen molar-refractivity contribution in [3.05, 3.63) is 36.4 Å². The van der Waals surface area contributed by atoms with Crippen LogP contribution in [0.15, 0.2) is 41.4 Å². The standard InChI is InChI=1S/C14H12N4O3S/c1-21-10-4-2-9(3-5-10)14-16-15-11-6-7-12(17-18(11)14)22-8-13(19)20/h2-7H,8H2,1H3,(H,19,20). The molecule has 1 N–H and O–H groups in total. The lowest BCUT2D eigenvalue weighted by molar-refractivity contribution is -0.133. The fourth-order valence-electron chi connectivity index (χ4n) is 1.90. The number of rotatable bonds is 5. The van der Waals surface area contributed by atoms with Crippen molar-refractivity contribution >= 4 is 23.4 Å². The van der Waals surface area contributed by atoms with E-state index in [0.717, 1.165) is 23.1 Å². The highest BCUT2D eigenvalue weighted by Gasteiger charge is 2.11. The minimum Gasteiger partial charge on any atom is -0.497 e. The Bertz CT molecular complexity index is 817. The number of thioether (sulfide) groups is 1. The van der Waals surface area contributed by atoms with Gasteiger partial charge in [-0.05, 0) is 36.4 Å². The van der Waals surface area contributed by atoms with E-state index in [4.69, 9.17) is 9.84 Å². The van der Waals surface area contributed by atoms with Crippen LogP contribution in [0.1, 0.15) is 0 Å². The van der Waals surface area contributed by atoms with Crippen LogP contribution in [-0.4, -0.2) is 43.7 Å². The van der Waals surface area contributed by atoms with Crippen molar-refractivity contribution in [3.8, 4) is 17.1 Å². The molecule has 112 valence electrons. The van der Waals surface area contributed by atoms with Gasteiger partial charge in [-0.25, -0.2) is 0 Å². The van der Waals surface area contributed by atoms with Crippen LogP contribution in [-0.2, 0) is 4.79 Å². The van der Waals surface area contributed by atoms with E-state index in [1.807, 2.05) is 24.3 Å². The van der Waals surface area contributed by atoms with Crippen molar-refractivity contribution < 1.29 is 14.6 Å². The minimum atomic E-state index is -0.883. The Kier molecular flexibility index (Phi) is 3.92. The van der Waals surface area contributed by atoms with E-state index in [2.05, 4.69) is 15.3 Å². The van der Waals surface area contributed by atoms with Crippen LogP contribution in [0.4, 0.5) is 0 Å². The molecule has 3 rings (SSSR count). The largest absolute Gasteiger partial charge is 0.497 e. The summed E-state index contributed by atoms with van der Waals surface area (Å²) in [7, 11) is 1.61. The Balaban J connectivity index is 1.98. The molecule has 0 amide bonds. The summed E-state index contributed by atoms with van der Waals surface area (Å²) >= 11 is 1.15. The molecule has 8 heteroatoms. The quantitative estimate of drug-likeness (QED) is 0.720. The molecule has 2 heterocycles. The zero-order valence-corrected chi connectivity index (χ0v) is 12.4. The molecule has 0 saturated heterocycles. The first kappa shape index (κ1) is 14.3. The maximum Gasteiger partial charge on any atom is 0.313 e. The maximum atomic E-state index is 10.6. The van der Waals surface area contributed by atoms with E-state index < -0.39 is 5.97 Å². The third-order valence-electron chi connectivity index (χ3n) is 2.93. The van der Waals surface area contributed by atoms with Gasteiger partial charge in [-0.3, -0.25) is 4.79 Å². The summed E-state index contributed by atoms with van der Waals surface area (Å²) in [5, 5.41) is 21.9. The van der Waals surface area contributed by atoms with Crippen molar-refractivity contribution in [1.29, 1.82) is 0 Å². The highest BCUT2D eigenvalue weighted by molar-refractivity contribution is 7.99. The van der Waals surface area contributed by atoms with Gasteiger partial charge in [0.15, 0.2) is 11.5 Å². The minimum absolute atomic E-state index is 0.0432. The Labute approximate surface area is 129 Å². The summed E-state index contributed by atoms with van der Waals surface area (Å²) in [5.74, 6) is 0.420. The van der Waals surface area contributed by atoms with Gasteiger partial charge in [0.05, 0.1) is 12.9 Å². The highest BCUT2D eigenvalue weighted by Crippen LogP contribution is 2.22. The fraction of sp³-hybridized carbons (Fsp3) is 0.143. The second kappa shape index (κ2) is 6.02. The van der Waals surface area contributed by atoms with Gasteiger partial charge >= 0.3 is 5.97 Å². The first-order valence-electron chi connectivity index (χ1n) is 6.39. The summed E-state index contributed by atoms with van der Waals surface area (Å²) in [4.78, 5) is 10.6. The fourth-order valence-corrected chi connectivity index (χ4v) is 2.48. The average Bonchev–Trinajstić information content (AvgIpc) is 2.96. The smallest absolute Gasteiger partial charge is 0.313 e. The molecule has 0 unspecified atom stereocenters. The van der Waals surface area contributed by atoms with Gasteiger partial charge in [-0.2, -0.15) is 9.61 Å². The first-order valence-corrected chi connectivity index (χ1v) is 7.37. The molecule has 0 radical (unpaired) electrons. The van der Waals surface area contributed by atoms with E-state index in [9.17, 15) is 4.79 Å². The number of nitrogens with zero attached hydrogens (tertiary/aromatic N) is 4.